The summed E-state index contributed by atoms with van der Waals surface area (Å²) in [4.78, 5) is 17.4. The topological polar surface area (TPSA) is 84.4 Å². The number of allylic oxidation sites excluding steroid dienone is 2. The number of aryl methyl sites for hydroxylation is 2. The molecule has 0 radical (unpaired) electrons. The Morgan fingerprint density at radius 2 is 2.15 bits per heavy atom. The summed E-state index contributed by atoms with van der Waals surface area (Å²) in [5, 5.41) is 17.2. The Bertz CT molecular complexity index is 1290. The van der Waals surface area contributed by atoms with Crippen LogP contribution in [-0.2, 0) is 7.05 Å². The van der Waals surface area contributed by atoms with Crippen molar-refractivity contribution >= 4 is 23.0 Å². The lowest BCUT2D eigenvalue weighted by Crippen LogP contribution is -2.27. The SMILES string of the molecule is C=C(/N=C(\C=C/C)c1ccn(C(CO)c2ccc(Cl)c(F)c2)c(=O)c1)Nc1cn(C)nc1C. The van der Waals surface area contributed by atoms with Gasteiger partial charge in [-0.3, -0.25) is 9.48 Å². The Hall–Kier alpha value is -3.49. The molecule has 9 heteroatoms. The first kappa shape index (κ1) is 24.2. The van der Waals surface area contributed by atoms with Gasteiger partial charge in [0.15, 0.2) is 0 Å². The van der Waals surface area contributed by atoms with E-state index in [0.717, 1.165) is 11.4 Å². The maximum Gasteiger partial charge on any atom is 0.251 e. The molecule has 1 aromatic carbocycles. The monoisotopic (exact) mass is 469 g/mol. The van der Waals surface area contributed by atoms with E-state index in [1.54, 1.807) is 35.2 Å². The van der Waals surface area contributed by atoms with E-state index in [-0.39, 0.29) is 17.2 Å². The quantitative estimate of drug-likeness (QED) is 0.484. The second-order valence-corrected chi connectivity index (χ2v) is 7.81. The predicted octanol–water partition coefficient (Wildman–Crippen LogP) is 4.21. The Kier molecular flexibility index (Phi) is 7.63. The summed E-state index contributed by atoms with van der Waals surface area (Å²) in [6.07, 6.45) is 6.94. The second-order valence-electron chi connectivity index (χ2n) is 7.40. The number of nitrogens with zero attached hydrogens (tertiary/aromatic N) is 4. The van der Waals surface area contributed by atoms with Crippen LogP contribution in [0.4, 0.5) is 10.1 Å². The fraction of sp³-hybridized carbons (Fsp3) is 0.208. The Labute approximate surface area is 196 Å². The van der Waals surface area contributed by atoms with Crippen LogP contribution in [0.1, 0.15) is 29.8 Å². The lowest BCUT2D eigenvalue weighted by molar-refractivity contribution is 0.246. The van der Waals surface area contributed by atoms with Crippen LogP contribution in [0.2, 0.25) is 5.02 Å². The van der Waals surface area contributed by atoms with Gasteiger partial charge < -0.3 is 15.0 Å². The van der Waals surface area contributed by atoms with E-state index >= 15 is 0 Å². The van der Waals surface area contributed by atoms with Gasteiger partial charge in [0.1, 0.15) is 11.6 Å². The van der Waals surface area contributed by atoms with Gasteiger partial charge in [-0.15, -0.1) is 0 Å². The van der Waals surface area contributed by atoms with Gasteiger partial charge in [-0.05, 0) is 43.7 Å². The maximum atomic E-state index is 13.9. The van der Waals surface area contributed by atoms with E-state index in [4.69, 9.17) is 11.6 Å². The molecule has 1 unspecified atom stereocenters. The van der Waals surface area contributed by atoms with Crippen molar-refractivity contribution in [1.29, 1.82) is 0 Å². The highest BCUT2D eigenvalue weighted by atomic mass is 35.5. The van der Waals surface area contributed by atoms with Crippen LogP contribution in [0, 0.1) is 12.7 Å². The van der Waals surface area contributed by atoms with Crippen LogP contribution in [0.5, 0.6) is 0 Å². The van der Waals surface area contributed by atoms with E-state index in [2.05, 4.69) is 22.0 Å². The van der Waals surface area contributed by atoms with Gasteiger partial charge >= 0.3 is 0 Å². The van der Waals surface area contributed by atoms with Crippen molar-refractivity contribution in [1.82, 2.24) is 14.3 Å². The number of nitrogens with one attached hydrogen (secondary N) is 1. The molecule has 0 amide bonds. The Morgan fingerprint density at radius 3 is 2.73 bits per heavy atom. The maximum absolute atomic E-state index is 13.9. The Morgan fingerprint density at radius 1 is 1.39 bits per heavy atom. The van der Waals surface area contributed by atoms with E-state index in [1.165, 1.54) is 22.8 Å². The van der Waals surface area contributed by atoms with Crippen molar-refractivity contribution in [3.8, 4) is 0 Å². The van der Waals surface area contributed by atoms with Crippen molar-refractivity contribution in [3.05, 3.63) is 105 Å². The van der Waals surface area contributed by atoms with E-state index < -0.39 is 11.9 Å². The summed E-state index contributed by atoms with van der Waals surface area (Å²) in [5.74, 6) is -0.233. The minimum atomic E-state index is -0.759. The number of rotatable bonds is 8. The molecule has 0 aliphatic rings. The Balaban J connectivity index is 1.92. The highest BCUT2D eigenvalue weighted by Gasteiger charge is 2.17. The summed E-state index contributed by atoms with van der Waals surface area (Å²) in [6.45, 7) is 7.28. The van der Waals surface area contributed by atoms with Gasteiger partial charge in [-0.25, -0.2) is 9.38 Å². The number of benzene rings is 1. The number of hydrogen-bond acceptors (Lipinski definition) is 5. The van der Waals surface area contributed by atoms with E-state index in [1.807, 2.05) is 27.1 Å². The second kappa shape index (κ2) is 10.4. The van der Waals surface area contributed by atoms with Crippen molar-refractivity contribution in [2.75, 3.05) is 11.9 Å². The molecule has 2 aromatic heterocycles. The van der Waals surface area contributed by atoms with Crippen LogP contribution in [0.15, 0.2) is 77.1 Å². The van der Waals surface area contributed by atoms with E-state index in [9.17, 15) is 14.3 Å². The zero-order valence-corrected chi connectivity index (χ0v) is 19.3. The molecule has 3 aromatic rings. The third-order valence-electron chi connectivity index (χ3n) is 4.95. The number of aliphatic hydroxyl groups is 1. The number of aromatic nitrogens is 3. The van der Waals surface area contributed by atoms with Crippen LogP contribution in [0.3, 0.4) is 0 Å². The van der Waals surface area contributed by atoms with Gasteiger partial charge in [0.25, 0.3) is 5.56 Å². The number of anilines is 1. The smallest absolute Gasteiger partial charge is 0.251 e. The zero-order chi connectivity index (χ0) is 24.1. The van der Waals surface area contributed by atoms with E-state index in [0.29, 0.717) is 22.7 Å². The molecule has 0 aliphatic heterocycles. The molecule has 0 saturated heterocycles. The third-order valence-corrected chi connectivity index (χ3v) is 5.26. The normalized spacial score (nSPS) is 12.8. The minimum Gasteiger partial charge on any atom is -0.394 e. The average molecular weight is 470 g/mol. The molecule has 0 fully saturated rings. The third kappa shape index (κ3) is 5.66. The summed E-state index contributed by atoms with van der Waals surface area (Å²) >= 11 is 5.75. The van der Waals surface area contributed by atoms with Crippen molar-refractivity contribution in [3.63, 3.8) is 0 Å². The van der Waals surface area contributed by atoms with Gasteiger partial charge in [-0.1, -0.05) is 30.3 Å². The van der Waals surface area contributed by atoms with Crippen molar-refractivity contribution in [2.45, 2.75) is 19.9 Å². The molecule has 2 N–H and O–H groups in total. The lowest BCUT2D eigenvalue weighted by atomic mass is 10.1. The standard InChI is InChI=1S/C24H25ClFN5O2/c1-5-6-21(27-16(3)28-22-13-30(4)29-15(22)2)17-9-10-31(24(33)12-17)23(14-32)18-7-8-19(25)20(26)11-18/h5-13,23,28,32H,3,14H2,1-2,4H3/b6-5-,27-21+. The summed E-state index contributed by atoms with van der Waals surface area (Å²) < 4.78 is 16.9. The molecule has 1 atom stereocenters. The molecule has 33 heavy (non-hydrogen) atoms. The van der Waals surface area contributed by atoms with Crippen LogP contribution < -0.4 is 10.9 Å². The summed E-state index contributed by atoms with van der Waals surface area (Å²) in [5.41, 5.74) is 2.74. The molecule has 2 heterocycles. The fourth-order valence-electron chi connectivity index (χ4n) is 3.39. The first-order chi connectivity index (χ1) is 15.7. The number of aliphatic imine (C=N–C) groups is 1. The van der Waals surface area contributed by atoms with Gasteiger partial charge in [0.2, 0.25) is 0 Å². The molecule has 0 bridgehead atoms. The average Bonchev–Trinajstić information content (AvgIpc) is 3.08. The predicted molar refractivity (Wildman–Crippen MR) is 129 cm³/mol. The first-order valence-corrected chi connectivity index (χ1v) is 10.6. The molecule has 7 nitrogen and oxygen atoms in total. The molecule has 0 aliphatic carbocycles. The van der Waals surface area contributed by atoms with Crippen LogP contribution >= 0.6 is 11.6 Å². The number of aliphatic hydroxyl groups excluding tert-OH is 1. The van der Waals surface area contributed by atoms with Gasteiger partial charge in [0, 0.05) is 31.1 Å². The summed E-state index contributed by atoms with van der Waals surface area (Å²) in [7, 11) is 1.82. The molecule has 3 rings (SSSR count). The first-order valence-electron chi connectivity index (χ1n) is 10.2. The van der Waals surface area contributed by atoms with Crippen molar-refractivity contribution < 1.29 is 9.50 Å². The minimum absolute atomic E-state index is 0.0272. The van der Waals surface area contributed by atoms with Gasteiger partial charge in [-0.2, -0.15) is 5.10 Å². The van der Waals surface area contributed by atoms with Gasteiger partial charge in [0.05, 0.1) is 34.8 Å². The lowest BCUT2D eigenvalue weighted by Gasteiger charge is -2.19. The van der Waals surface area contributed by atoms with Crippen molar-refractivity contribution in [2.24, 2.45) is 12.0 Å². The van der Waals surface area contributed by atoms with Crippen LogP contribution in [-0.4, -0.2) is 31.8 Å². The fourth-order valence-corrected chi connectivity index (χ4v) is 3.50. The number of pyridine rings is 1. The highest BCUT2D eigenvalue weighted by molar-refractivity contribution is 6.30. The molecule has 0 spiro atoms. The number of halogens is 2. The highest BCUT2D eigenvalue weighted by Crippen LogP contribution is 2.22. The largest absolute Gasteiger partial charge is 0.394 e. The molecular formula is C24H25ClFN5O2. The summed E-state index contributed by atoms with van der Waals surface area (Å²) in [6, 6.07) is 6.55. The molecule has 172 valence electrons. The molecule has 0 saturated carbocycles. The molecular weight excluding hydrogens is 445 g/mol. The number of hydrogen-bond donors (Lipinski definition) is 2. The zero-order valence-electron chi connectivity index (χ0n) is 18.6. The van der Waals surface area contributed by atoms with Crippen LogP contribution in [0.25, 0.3) is 0 Å².